The summed E-state index contributed by atoms with van der Waals surface area (Å²) in [6.07, 6.45) is 0. The van der Waals surface area contributed by atoms with Crippen molar-refractivity contribution >= 4 is 23.4 Å². The summed E-state index contributed by atoms with van der Waals surface area (Å²) in [5, 5.41) is 7.36. The lowest BCUT2D eigenvalue weighted by molar-refractivity contribution is 0.886. The number of hydrogen-bond donors (Lipinski definition) is 2. The highest BCUT2D eigenvalue weighted by Gasteiger charge is 2.08. The maximum atomic E-state index is 6.22. The molecular formula is C20H21ClN4. The average Bonchev–Trinajstić information content (AvgIpc) is 2.61. The first-order valence-electron chi connectivity index (χ1n) is 8.30. The minimum absolute atomic E-state index is 0.287. The standard InChI is InChI=1S/C20H21ClN4/c1-14(2)23-19-12-18(15-8-4-3-5-9-15)24-20(25-19)22-13-16-10-6-7-11-17(16)21/h3-12,14H,13H2,1-2H3,(H2,22,23,24,25). The van der Waals surface area contributed by atoms with Crippen molar-refractivity contribution in [1.82, 2.24) is 9.97 Å². The van der Waals surface area contributed by atoms with Crippen LogP contribution in [0.5, 0.6) is 0 Å². The van der Waals surface area contributed by atoms with E-state index >= 15 is 0 Å². The van der Waals surface area contributed by atoms with Crippen molar-refractivity contribution in [2.45, 2.75) is 26.4 Å². The SMILES string of the molecule is CC(C)Nc1cc(-c2ccccc2)nc(NCc2ccccc2Cl)n1. The Morgan fingerprint density at radius 1 is 0.960 bits per heavy atom. The summed E-state index contributed by atoms with van der Waals surface area (Å²) in [4.78, 5) is 9.22. The molecule has 5 heteroatoms. The molecule has 0 saturated heterocycles. The van der Waals surface area contributed by atoms with Gasteiger partial charge in [-0.15, -0.1) is 0 Å². The van der Waals surface area contributed by atoms with Crippen LogP contribution in [-0.4, -0.2) is 16.0 Å². The van der Waals surface area contributed by atoms with E-state index in [-0.39, 0.29) is 6.04 Å². The number of benzene rings is 2. The Balaban J connectivity index is 1.88. The molecule has 2 aromatic carbocycles. The van der Waals surface area contributed by atoms with Crippen molar-refractivity contribution in [3.8, 4) is 11.3 Å². The molecule has 2 N–H and O–H groups in total. The molecule has 0 amide bonds. The first-order chi connectivity index (χ1) is 12.1. The Kier molecular flexibility index (Phi) is 5.51. The highest BCUT2D eigenvalue weighted by molar-refractivity contribution is 6.31. The van der Waals surface area contributed by atoms with Gasteiger partial charge in [-0.25, -0.2) is 4.98 Å². The predicted molar refractivity (Wildman–Crippen MR) is 105 cm³/mol. The molecule has 0 saturated carbocycles. The molecule has 0 radical (unpaired) electrons. The molecule has 3 aromatic rings. The second-order valence-corrected chi connectivity index (χ2v) is 6.48. The van der Waals surface area contributed by atoms with Crippen LogP contribution in [0, 0.1) is 0 Å². The van der Waals surface area contributed by atoms with Crippen molar-refractivity contribution in [3.05, 3.63) is 71.2 Å². The molecule has 128 valence electrons. The van der Waals surface area contributed by atoms with Gasteiger partial charge in [0.15, 0.2) is 0 Å². The first-order valence-corrected chi connectivity index (χ1v) is 8.68. The summed E-state index contributed by atoms with van der Waals surface area (Å²) in [7, 11) is 0. The normalized spacial score (nSPS) is 10.7. The molecule has 0 aliphatic rings. The molecule has 0 bridgehead atoms. The van der Waals surface area contributed by atoms with Gasteiger partial charge in [-0.2, -0.15) is 4.98 Å². The van der Waals surface area contributed by atoms with Crippen molar-refractivity contribution < 1.29 is 0 Å². The predicted octanol–water partition coefficient (Wildman–Crippen LogP) is 5.23. The van der Waals surface area contributed by atoms with Crippen LogP contribution in [0.3, 0.4) is 0 Å². The number of hydrogen-bond acceptors (Lipinski definition) is 4. The molecule has 0 aliphatic heterocycles. The number of halogens is 1. The summed E-state index contributed by atoms with van der Waals surface area (Å²) in [6, 6.07) is 20.1. The maximum absolute atomic E-state index is 6.22. The van der Waals surface area contributed by atoms with Crippen molar-refractivity contribution in [1.29, 1.82) is 0 Å². The van der Waals surface area contributed by atoms with E-state index in [1.807, 2.05) is 60.7 Å². The minimum Gasteiger partial charge on any atom is -0.368 e. The van der Waals surface area contributed by atoms with Crippen molar-refractivity contribution in [3.63, 3.8) is 0 Å². The monoisotopic (exact) mass is 352 g/mol. The zero-order valence-electron chi connectivity index (χ0n) is 14.3. The molecule has 0 unspecified atom stereocenters. The van der Waals surface area contributed by atoms with Gasteiger partial charge in [-0.3, -0.25) is 0 Å². The van der Waals surface area contributed by atoms with Crippen LogP contribution in [-0.2, 0) is 6.54 Å². The van der Waals surface area contributed by atoms with E-state index in [1.54, 1.807) is 0 Å². The zero-order chi connectivity index (χ0) is 17.6. The van der Waals surface area contributed by atoms with Crippen LogP contribution in [0.4, 0.5) is 11.8 Å². The minimum atomic E-state index is 0.287. The van der Waals surface area contributed by atoms with Gasteiger partial charge in [0.05, 0.1) is 5.69 Å². The van der Waals surface area contributed by atoms with Gasteiger partial charge < -0.3 is 10.6 Å². The highest BCUT2D eigenvalue weighted by Crippen LogP contribution is 2.22. The number of nitrogens with zero attached hydrogens (tertiary/aromatic N) is 2. The summed E-state index contributed by atoms with van der Waals surface area (Å²) in [6.45, 7) is 4.74. The van der Waals surface area contributed by atoms with E-state index < -0.39 is 0 Å². The van der Waals surface area contributed by atoms with Crippen molar-refractivity contribution in [2.75, 3.05) is 10.6 Å². The zero-order valence-corrected chi connectivity index (χ0v) is 15.1. The van der Waals surface area contributed by atoms with Gasteiger partial charge in [-0.1, -0.05) is 60.1 Å². The van der Waals surface area contributed by atoms with Crippen LogP contribution in [0.15, 0.2) is 60.7 Å². The Bertz CT molecular complexity index is 834. The topological polar surface area (TPSA) is 49.8 Å². The fourth-order valence-electron chi connectivity index (χ4n) is 2.47. The lowest BCUT2D eigenvalue weighted by Crippen LogP contribution is -2.13. The second-order valence-electron chi connectivity index (χ2n) is 6.07. The number of aromatic nitrogens is 2. The second kappa shape index (κ2) is 7.99. The molecule has 0 spiro atoms. The van der Waals surface area contributed by atoms with E-state index in [0.717, 1.165) is 27.7 Å². The molecular weight excluding hydrogens is 332 g/mol. The third kappa shape index (κ3) is 4.70. The average molecular weight is 353 g/mol. The summed E-state index contributed by atoms with van der Waals surface area (Å²) < 4.78 is 0. The van der Waals surface area contributed by atoms with Gasteiger partial charge in [0.2, 0.25) is 5.95 Å². The van der Waals surface area contributed by atoms with Crippen LogP contribution in [0.2, 0.25) is 5.02 Å². The van der Waals surface area contributed by atoms with Crippen molar-refractivity contribution in [2.24, 2.45) is 0 Å². The first kappa shape index (κ1) is 17.2. The Morgan fingerprint density at radius 3 is 2.40 bits per heavy atom. The van der Waals surface area contributed by atoms with Crippen LogP contribution in [0.25, 0.3) is 11.3 Å². The maximum Gasteiger partial charge on any atom is 0.225 e. The lowest BCUT2D eigenvalue weighted by Gasteiger charge is -2.13. The molecule has 4 nitrogen and oxygen atoms in total. The molecule has 0 fully saturated rings. The van der Waals surface area contributed by atoms with E-state index in [0.29, 0.717) is 12.5 Å². The van der Waals surface area contributed by atoms with E-state index in [2.05, 4.69) is 34.4 Å². The Hall–Kier alpha value is -2.59. The highest BCUT2D eigenvalue weighted by atomic mass is 35.5. The number of rotatable bonds is 6. The largest absolute Gasteiger partial charge is 0.368 e. The number of anilines is 2. The lowest BCUT2D eigenvalue weighted by atomic mass is 10.1. The summed E-state index contributed by atoms with van der Waals surface area (Å²) in [5.41, 5.74) is 2.94. The fraction of sp³-hybridized carbons (Fsp3) is 0.200. The van der Waals surface area contributed by atoms with Crippen LogP contribution in [0.1, 0.15) is 19.4 Å². The molecule has 1 heterocycles. The van der Waals surface area contributed by atoms with Gasteiger partial charge in [-0.05, 0) is 25.5 Å². The van der Waals surface area contributed by atoms with E-state index in [9.17, 15) is 0 Å². The molecule has 25 heavy (non-hydrogen) atoms. The quantitative estimate of drug-likeness (QED) is 0.637. The van der Waals surface area contributed by atoms with Gasteiger partial charge >= 0.3 is 0 Å². The van der Waals surface area contributed by atoms with Gasteiger partial charge in [0.1, 0.15) is 5.82 Å². The Labute approximate surface area is 153 Å². The van der Waals surface area contributed by atoms with Crippen LogP contribution >= 0.6 is 11.6 Å². The molecule has 0 atom stereocenters. The number of nitrogens with one attached hydrogen (secondary N) is 2. The molecule has 1 aromatic heterocycles. The molecule has 0 aliphatic carbocycles. The van der Waals surface area contributed by atoms with E-state index in [1.165, 1.54) is 0 Å². The smallest absolute Gasteiger partial charge is 0.225 e. The Morgan fingerprint density at radius 2 is 1.68 bits per heavy atom. The van der Waals surface area contributed by atoms with Gasteiger partial charge in [0.25, 0.3) is 0 Å². The summed E-state index contributed by atoms with van der Waals surface area (Å²) in [5.74, 6) is 1.37. The molecule has 3 rings (SSSR count). The summed E-state index contributed by atoms with van der Waals surface area (Å²) >= 11 is 6.22. The van der Waals surface area contributed by atoms with Crippen LogP contribution < -0.4 is 10.6 Å². The van der Waals surface area contributed by atoms with E-state index in [4.69, 9.17) is 11.6 Å². The third-order valence-electron chi connectivity index (χ3n) is 3.63. The third-order valence-corrected chi connectivity index (χ3v) is 4.00. The van der Waals surface area contributed by atoms with Gasteiger partial charge in [0, 0.05) is 29.2 Å². The fourth-order valence-corrected chi connectivity index (χ4v) is 2.67.